The Hall–Kier alpha value is -1.67. The van der Waals surface area contributed by atoms with Crippen LogP contribution in [0.5, 0.6) is 0 Å². The number of methoxy groups -OCH3 is 1. The second kappa shape index (κ2) is 7.05. The van der Waals surface area contributed by atoms with Gasteiger partial charge in [0.05, 0.1) is 6.61 Å². The molecule has 19 heavy (non-hydrogen) atoms. The van der Waals surface area contributed by atoms with Crippen molar-refractivity contribution in [3.63, 3.8) is 0 Å². The van der Waals surface area contributed by atoms with Crippen LogP contribution in [0.1, 0.15) is 0 Å². The van der Waals surface area contributed by atoms with E-state index in [9.17, 15) is 9.59 Å². The molecule has 0 radical (unpaired) electrons. The SMILES string of the molecule is COCCN(C)CCNc1nn(C)c(=O)n(C)c1=O. The van der Waals surface area contributed by atoms with Gasteiger partial charge in [-0.1, -0.05) is 0 Å². The average molecular weight is 271 g/mol. The molecule has 1 heterocycles. The molecule has 8 heteroatoms. The third kappa shape index (κ3) is 4.18. The second-order valence-electron chi connectivity index (χ2n) is 4.34. The van der Waals surface area contributed by atoms with E-state index in [-0.39, 0.29) is 5.82 Å². The second-order valence-corrected chi connectivity index (χ2v) is 4.34. The van der Waals surface area contributed by atoms with Crippen LogP contribution in [0.4, 0.5) is 5.82 Å². The largest absolute Gasteiger partial charge is 0.383 e. The number of nitrogens with zero attached hydrogens (tertiary/aromatic N) is 4. The van der Waals surface area contributed by atoms with Crippen molar-refractivity contribution in [2.75, 3.05) is 45.7 Å². The molecule has 0 saturated carbocycles. The fraction of sp³-hybridized carbons (Fsp3) is 0.727. The standard InChI is InChI=1S/C11H21N5O3/c1-14(7-8-19-4)6-5-12-9-10(17)15(2)11(18)16(3)13-9/h5-8H2,1-4H3,(H,12,13). The molecule has 0 aromatic carbocycles. The van der Waals surface area contributed by atoms with Crippen LogP contribution >= 0.6 is 0 Å². The number of hydrogen-bond acceptors (Lipinski definition) is 6. The highest BCUT2D eigenvalue weighted by Crippen LogP contribution is 1.89. The normalized spacial score (nSPS) is 11.0. The van der Waals surface area contributed by atoms with Gasteiger partial charge in [0.2, 0.25) is 5.82 Å². The van der Waals surface area contributed by atoms with Crippen molar-refractivity contribution >= 4 is 5.82 Å². The fourth-order valence-electron chi connectivity index (χ4n) is 1.53. The van der Waals surface area contributed by atoms with Gasteiger partial charge in [0.25, 0.3) is 5.56 Å². The van der Waals surface area contributed by atoms with Crippen LogP contribution < -0.4 is 16.6 Å². The van der Waals surface area contributed by atoms with Crippen LogP contribution in [0.15, 0.2) is 9.59 Å². The summed E-state index contributed by atoms with van der Waals surface area (Å²) in [6.45, 7) is 2.80. The number of ether oxygens (including phenoxy) is 1. The maximum atomic E-state index is 11.8. The lowest BCUT2D eigenvalue weighted by molar-refractivity contribution is 0.163. The fourth-order valence-corrected chi connectivity index (χ4v) is 1.53. The average Bonchev–Trinajstić information content (AvgIpc) is 2.39. The first-order valence-electron chi connectivity index (χ1n) is 6.03. The minimum Gasteiger partial charge on any atom is -0.383 e. The Morgan fingerprint density at radius 1 is 1.32 bits per heavy atom. The maximum absolute atomic E-state index is 11.8. The first-order valence-corrected chi connectivity index (χ1v) is 6.03. The highest BCUT2D eigenvalue weighted by Gasteiger charge is 2.08. The summed E-state index contributed by atoms with van der Waals surface area (Å²) >= 11 is 0. The molecule has 0 fully saturated rings. The molecular formula is C11H21N5O3. The topological polar surface area (TPSA) is 81.4 Å². The molecule has 108 valence electrons. The molecular weight excluding hydrogens is 250 g/mol. The van der Waals surface area contributed by atoms with Crippen LogP contribution in [-0.2, 0) is 18.8 Å². The zero-order valence-corrected chi connectivity index (χ0v) is 11.8. The molecule has 0 aliphatic rings. The molecule has 0 saturated heterocycles. The molecule has 0 atom stereocenters. The van der Waals surface area contributed by atoms with E-state index < -0.39 is 11.2 Å². The molecule has 0 aliphatic heterocycles. The predicted octanol–water partition coefficient (Wildman–Crippen LogP) is -1.53. The number of anilines is 1. The molecule has 0 aliphatic carbocycles. The first-order chi connectivity index (χ1) is 8.97. The van der Waals surface area contributed by atoms with Gasteiger partial charge in [-0.15, -0.1) is 5.10 Å². The van der Waals surface area contributed by atoms with Crippen molar-refractivity contribution in [2.24, 2.45) is 14.1 Å². The highest BCUT2D eigenvalue weighted by molar-refractivity contribution is 5.29. The van der Waals surface area contributed by atoms with Crippen molar-refractivity contribution in [3.8, 4) is 0 Å². The Morgan fingerprint density at radius 3 is 2.63 bits per heavy atom. The Balaban J connectivity index is 2.60. The van der Waals surface area contributed by atoms with Gasteiger partial charge in [0.15, 0.2) is 0 Å². The summed E-state index contributed by atoms with van der Waals surface area (Å²) < 4.78 is 7.14. The Bertz CT molecular complexity index is 522. The molecule has 0 unspecified atom stereocenters. The predicted molar refractivity (Wildman–Crippen MR) is 72.6 cm³/mol. The smallest absolute Gasteiger partial charge is 0.346 e. The molecule has 1 rings (SSSR count). The summed E-state index contributed by atoms with van der Waals surface area (Å²) in [6, 6.07) is 0. The third-order valence-electron chi connectivity index (χ3n) is 2.78. The van der Waals surface area contributed by atoms with Gasteiger partial charge in [-0.25, -0.2) is 9.48 Å². The molecule has 1 aromatic rings. The van der Waals surface area contributed by atoms with Crippen molar-refractivity contribution in [3.05, 3.63) is 20.8 Å². The molecule has 0 spiro atoms. The Kier molecular flexibility index (Phi) is 5.71. The lowest BCUT2D eigenvalue weighted by atomic mass is 10.5. The van der Waals surface area contributed by atoms with Crippen LogP contribution in [0.3, 0.4) is 0 Å². The van der Waals surface area contributed by atoms with Crippen LogP contribution in [0, 0.1) is 0 Å². The quantitative estimate of drug-likeness (QED) is 0.648. The van der Waals surface area contributed by atoms with Crippen molar-refractivity contribution in [1.29, 1.82) is 0 Å². The van der Waals surface area contributed by atoms with E-state index in [2.05, 4.69) is 15.3 Å². The first kappa shape index (κ1) is 15.4. The third-order valence-corrected chi connectivity index (χ3v) is 2.78. The molecule has 1 aromatic heterocycles. The van der Waals surface area contributed by atoms with Crippen LogP contribution in [-0.4, -0.2) is 59.6 Å². The van der Waals surface area contributed by atoms with Gasteiger partial charge in [-0.05, 0) is 7.05 Å². The van der Waals surface area contributed by atoms with Gasteiger partial charge in [-0.3, -0.25) is 9.36 Å². The summed E-state index contributed by atoms with van der Waals surface area (Å²) in [5.74, 6) is 0.185. The van der Waals surface area contributed by atoms with E-state index >= 15 is 0 Å². The highest BCUT2D eigenvalue weighted by atomic mass is 16.5. The Labute approximate surface area is 111 Å². The van der Waals surface area contributed by atoms with Crippen LogP contribution in [0.25, 0.3) is 0 Å². The summed E-state index contributed by atoms with van der Waals surface area (Å²) in [5, 5.41) is 6.85. The zero-order valence-electron chi connectivity index (χ0n) is 11.8. The number of rotatable bonds is 7. The van der Waals surface area contributed by atoms with Crippen molar-refractivity contribution < 1.29 is 4.74 Å². The summed E-state index contributed by atoms with van der Waals surface area (Å²) in [6.07, 6.45) is 0. The van der Waals surface area contributed by atoms with E-state index in [1.165, 1.54) is 14.1 Å². The minimum atomic E-state index is -0.437. The number of hydrogen-bond donors (Lipinski definition) is 1. The lowest BCUT2D eigenvalue weighted by Gasteiger charge is -2.16. The number of aromatic nitrogens is 3. The van der Waals surface area contributed by atoms with Crippen LogP contribution in [0.2, 0.25) is 0 Å². The molecule has 1 N–H and O–H groups in total. The van der Waals surface area contributed by atoms with Crippen molar-refractivity contribution in [1.82, 2.24) is 19.2 Å². The number of nitrogens with one attached hydrogen (secondary N) is 1. The van der Waals surface area contributed by atoms with Gasteiger partial charge in [0, 0.05) is 40.8 Å². The molecule has 0 amide bonds. The lowest BCUT2D eigenvalue weighted by Crippen LogP contribution is -2.40. The minimum absolute atomic E-state index is 0.185. The van der Waals surface area contributed by atoms with E-state index in [4.69, 9.17) is 4.74 Å². The van der Waals surface area contributed by atoms with Gasteiger partial charge in [-0.2, -0.15) is 0 Å². The maximum Gasteiger partial charge on any atom is 0.346 e. The summed E-state index contributed by atoms with van der Waals surface area (Å²) in [7, 11) is 6.57. The van der Waals surface area contributed by atoms with Gasteiger partial charge >= 0.3 is 5.69 Å². The number of aryl methyl sites for hydroxylation is 1. The number of likely N-dealkylation sites (N-methyl/N-ethyl adjacent to an activating group) is 1. The van der Waals surface area contributed by atoms with Gasteiger partial charge in [0.1, 0.15) is 0 Å². The van der Waals surface area contributed by atoms with E-state index in [1.54, 1.807) is 7.11 Å². The van der Waals surface area contributed by atoms with E-state index in [0.29, 0.717) is 13.2 Å². The van der Waals surface area contributed by atoms with E-state index in [1.807, 2.05) is 7.05 Å². The van der Waals surface area contributed by atoms with E-state index in [0.717, 1.165) is 22.3 Å². The monoisotopic (exact) mass is 271 g/mol. The summed E-state index contributed by atoms with van der Waals surface area (Å²) in [4.78, 5) is 25.3. The zero-order chi connectivity index (χ0) is 14.4. The van der Waals surface area contributed by atoms with Gasteiger partial charge < -0.3 is 15.0 Å². The molecule has 0 bridgehead atoms. The summed E-state index contributed by atoms with van der Waals surface area (Å²) in [5.41, 5.74) is -0.851. The molecule has 8 nitrogen and oxygen atoms in total. The van der Waals surface area contributed by atoms with Crippen molar-refractivity contribution in [2.45, 2.75) is 0 Å². The Morgan fingerprint density at radius 2 is 2.00 bits per heavy atom.